The van der Waals surface area contributed by atoms with Crippen molar-refractivity contribution in [3.63, 3.8) is 0 Å². The highest BCUT2D eigenvalue weighted by Crippen LogP contribution is 2.22. The van der Waals surface area contributed by atoms with E-state index in [0.717, 1.165) is 0 Å². The number of nitrogens with one attached hydrogen (secondary N) is 1. The Morgan fingerprint density at radius 3 is 2.53 bits per heavy atom. The second-order valence-corrected chi connectivity index (χ2v) is 5.87. The van der Waals surface area contributed by atoms with E-state index in [-0.39, 0.29) is 23.8 Å². The summed E-state index contributed by atoms with van der Waals surface area (Å²) in [4.78, 5) is 22.9. The number of aliphatic carboxylic acids is 1. The standard InChI is InChI=1S/C13H21N3O3/c1-13(2,3)8-9(7-11(17)18)15-12(19)10-5-6-14-16(10)4/h5-6,9H,7-8H2,1-4H3,(H,15,19)(H,17,18). The van der Waals surface area contributed by atoms with Crippen molar-refractivity contribution in [3.05, 3.63) is 18.0 Å². The van der Waals surface area contributed by atoms with Gasteiger partial charge in [0.15, 0.2) is 0 Å². The van der Waals surface area contributed by atoms with E-state index in [2.05, 4.69) is 10.4 Å². The molecule has 1 rings (SSSR count). The molecule has 19 heavy (non-hydrogen) atoms. The normalized spacial score (nSPS) is 13.1. The molecule has 6 nitrogen and oxygen atoms in total. The number of hydrogen-bond donors (Lipinski definition) is 2. The summed E-state index contributed by atoms with van der Waals surface area (Å²) < 4.78 is 1.46. The Bertz CT molecular complexity index is 460. The third-order valence-electron chi connectivity index (χ3n) is 2.67. The highest BCUT2D eigenvalue weighted by atomic mass is 16.4. The van der Waals surface area contributed by atoms with Crippen molar-refractivity contribution in [2.75, 3.05) is 0 Å². The zero-order valence-corrected chi connectivity index (χ0v) is 11.8. The van der Waals surface area contributed by atoms with Gasteiger partial charge in [0.05, 0.1) is 6.42 Å². The van der Waals surface area contributed by atoms with Gasteiger partial charge in [0.2, 0.25) is 0 Å². The molecule has 1 aromatic heterocycles. The third kappa shape index (κ3) is 5.11. The third-order valence-corrected chi connectivity index (χ3v) is 2.67. The maximum Gasteiger partial charge on any atom is 0.305 e. The van der Waals surface area contributed by atoms with Gasteiger partial charge in [-0.05, 0) is 17.9 Å². The Morgan fingerprint density at radius 2 is 2.11 bits per heavy atom. The fraction of sp³-hybridized carbons (Fsp3) is 0.615. The molecule has 0 spiro atoms. The lowest BCUT2D eigenvalue weighted by atomic mass is 9.87. The molecule has 0 aliphatic rings. The summed E-state index contributed by atoms with van der Waals surface area (Å²) >= 11 is 0. The van der Waals surface area contributed by atoms with Gasteiger partial charge in [-0.2, -0.15) is 5.10 Å². The fourth-order valence-electron chi connectivity index (χ4n) is 1.98. The summed E-state index contributed by atoms with van der Waals surface area (Å²) in [6.45, 7) is 6.04. The predicted octanol–water partition coefficient (Wildman–Crippen LogP) is 1.43. The van der Waals surface area contributed by atoms with Crippen LogP contribution >= 0.6 is 0 Å². The van der Waals surface area contributed by atoms with Crippen molar-refractivity contribution in [1.29, 1.82) is 0 Å². The monoisotopic (exact) mass is 267 g/mol. The molecule has 2 N–H and O–H groups in total. The molecule has 0 aromatic carbocycles. The van der Waals surface area contributed by atoms with Gasteiger partial charge in [0, 0.05) is 19.3 Å². The molecule has 1 unspecified atom stereocenters. The van der Waals surface area contributed by atoms with Crippen LogP contribution in [0.4, 0.5) is 0 Å². The zero-order valence-electron chi connectivity index (χ0n) is 11.8. The van der Waals surface area contributed by atoms with Crippen LogP contribution in [0.5, 0.6) is 0 Å². The van der Waals surface area contributed by atoms with E-state index in [1.54, 1.807) is 13.1 Å². The second-order valence-electron chi connectivity index (χ2n) is 5.87. The summed E-state index contributed by atoms with van der Waals surface area (Å²) in [5.74, 6) is -1.21. The van der Waals surface area contributed by atoms with E-state index in [4.69, 9.17) is 5.11 Å². The Balaban J connectivity index is 2.74. The largest absolute Gasteiger partial charge is 0.481 e. The first kappa shape index (κ1) is 15.2. The second kappa shape index (κ2) is 5.86. The van der Waals surface area contributed by atoms with Crippen LogP contribution in [0.1, 0.15) is 44.1 Å². The van der Waals surface area contributed by atoms with Crippen molar-refractivity contribution >= 4 is 11.9 Å². The van der Waals surface area contributed by atoms with E-state index >= 15 is 0 Å². The first-order valence-electron chi connectivity index (χ1n) is 6.20. The van der Waals surface area contributed by atoms with Gasteiger partial charge in [-0.15, -0.1) is 0 Å². The van der Waals surface area contributed by atoms with Crippen LogP contribution in [-0.4, -0.2) is 32.8 Å². The van der Waals surface area contributed by atoms with E-state index in [9.17, 15) is 9.59 Å². The molecule has 1 aromatic rings. The molecule has 1 atom stereocenters. The molecule has 1 amide bonds. The molecule has 0 aliphatic carbocycles. The Labute approximate surface area is 112 Å². The van der Waals surface area contributed by atoms with Crippen molar-refractivity contribution < 1.29 is 14.7 Å². The lowest BCUT2D eigenvalue weighted by Gasteiger charge is -2.25. The number of carbonyl (C=O) groups excluding carboxylic acids is 1. The Morgan fingerprint density at radius 1 is 1.47 bits per heavy atom. The van der Waals surface area contributed by atoms with Crippen LogP contribution in [0.15, 0.2) is 12.3 Å². The van der Waals surface area contributed by atoms with Crippen LogP contribution in [0.25, 0.3) is 0 Å². The number of carboxylic acid groups (broad SMARTS) is 1. The number of hydrogen-bond acceptors (Lipinski definition) is 3. The van der Waals surface area contributed by atoms with Gasteiger partial charge in [0.1, 0.15) is 5.69 Å². The lowest BCUT2D eigenvalue weighted by Crippen LogP contribution is -2.39. The average molecular weight is 267 g/mol. The SMILES string of the molecule is Cn1nccc1C(=O)NC(CC(=O)O)CC(C)(C)C. The molecule has 0 saturated heterocycles. The first-order valence-corrected chi connectivity index (χ1v) is 6.20. The van der Waals surface area contributed by atoms with Crippen molar-refractivity contribution in [2.45, 2.75) is 39.7 Å². The van der Waals surface area contributed by atoms with E-state index in [0.29, 0.717) is 12.1 Å². The summed E-state index contributed by atoms with van der Waals surface area (Å²) in [5, 5.41) is 15.6. The lowest BCUT2D eigenvalue weighted by molar-refractivity contribution is -0.137. The first-order chi connectivity index (χ1) is 8.69. The maximum atomic E-state index is 12.0. The molecule has 0 saturated carbocycles. The smallest absolute Gasteiger partial charge is 0.305 e. The molecular weight excluding hydrogens is 246 g/mol. The molecule has 0 fully saturated rings. The van der Waals surface area contributed by atoms with Gasteiger partial charge in [-0.25, -0.2) is 0 Å². The number of aryl methyl sites for hydroxylation is 1. The topological polar surface area (TPSA) is 84.2 Å². The maximum absolute atomic E-state index is 12.0. The quantitative estimate of drug-likeness (QED) is 0.845. The minimum absolute atomic E-state index is 0.0557. The van der Waals surface area contributed by atoms with Gasteiger partial charge in [-0.1, -0.05) is 20.8 Å². The van der Waals surface area contributed by atoms with Crippen LogP contribution in [0.2, 0.25) is 0 Å². The number of carboxylic acids is 1. The van der Waals surface area contributed by atoms with Gasteiger partial charge < -0.3 is 10.4 Å². The van der Waals surface area contributed by atoms with Crippen LogP contribution in [-0.2, 0) is 11.8 Å². The Hall–Kier alpha value is -1.85. The fourth-order valence-corrected chi connectivity index (χ4v) is 1.98. The zero-order chi connectivity index (χ0) is 14.6. The van der Waals surface area contributed by atoms with E-state index in [1.165, 1.54) is 10.9 Å². The highest BCUT2D eigenvalue weighted by molar-refractivity contribution is 5.92. The average Bonchev–Trinajstić information content (AvgIpc) is 2.60. The van der Waals surface area contributed by atoms with Crippen LogP contribution < -0.4 is 5.32 Å². The molecule has 0 radical (unpaired) electrons. The van der Waals surface area contributed by atoms with Crippen LogP contribution in [0.3, 0.4) is 0 Å². The number of amides is 1. The molecule has 6 heteroatoms. The molecule has 0 aliphatic heterocycles. The van der Waals surface area contributed by atoms with Gasteiger partial charge in [0.25, 0.3) is 5.91 Å². The molecule has 0 bridgehead atoms. The Kier molecular flexibility index (Phi) is 4.69. The van der Waals surface area contributed by atoms with Gasteiger partial charge in [-0.3, -0.25) is 14.3 Å². The summed E-state index contributed by atoms with van der Waals surface area (Å²) in [7, 11) is 1.67. The number of nitrogens with zero attached hydrogens (tertiary/aromatic N) is 2. The van der Waals surface area contributed by atoms with E-state index in [1.807, 2.05) is 20.8 Å². The summed E-state index contributed by atoms with van der Waals surface area (Å²) in [6.07, 6.45) is 2.05. The van der Waals surface area contributed by atoms with Crippen LogP contribution in [0, 0.1) is 5.41 Å². The van der Waals surface area contributed by atoms with E-state index < -0.39 is 5.97 Å². The van der Waals surface area contributed by atoms with Crippen molar-refractivity contribution in [3.8, 4) is 0 Å². The number of rotatable bonds is 5. The molecule has 1 heterocycles. The number of aromatic nitrogens is 2. The molecular formula is C13H21N3O3. The minimum Gasteiger partial charge on any atom is -0.481 e. The van der Waals surface area contributed by atoms with Crippen molar-refractivity contribution in [1.82, 2.24) is 15.1 Å². The number of carbonyl (C=O) groups is 2. The van der Waals surface area contributed by atoms with Gasteiger partial charge >= 0.3 is 5.97 Å². The molecule has 106 valence electrons. The van der Waals surface area contributed by atoms with Crippen molar-refractivity contribution in [2.24, 2.45) is 12.5 Å². The summed E-state index contributed by atoms with van der Waals surface area (Å²) in [5.41, 5.74) is 0.365. The summed E-state index contributed by atoms with van der Waals surface area (Å²) in [6, 6.07) is 1.21. The predicted molar refractivity (Wildman–Crippen MR) is 70.8 cm³/mol. The highest BCUT2D eigenvalue weighted by Gasteiger charge is 2.23. The minimum atomic E-state index is -0.917.